The molecule has 0 fully saturated rings. The van der Waals surface area contributed by atoms with Crippen LogP contribution in [0.15, 0.2) is 48.5 Å². The molecule has 0 bridgehead atoms. The van der Waals surface area contributed by atoms with Crippen LogP contribution in [0.3, 0.4) is 0 Å². The number of hydrogen-bond acceptors (Lipinski definition) is 2. The van der Waals surface area contributed by atoms with E-state index in [1.165, 1.54) is 36.0 Å². The molecule has 2 aromatic rings. The quantitative estimate of drug-likeness (QED) is 0.550. The summed E-state index contributed by atoms with van der Waals surface area (Å²) in [7, 11) is 0. The van der Waals surface area contributed by atoms with E-state index in [-0.39, 0.29) is 18.0 Å². The topological polar surface area (TPSA) is 41.1 Å². The van der Waals surface area contributed by atoms with Crippen molar-refractivity contribution in [3.63, 3.8) is 0 Å². The molecule has 2 N–H and O–H groups in total. The largest absolute Gasteiger partial charge is 0.326 e. The molecule has 0 spiro atoms. The summed E-state index contributed by atoms with van der Waals surface area (Å²) in [6.07, 6.45) is 4.74. The second kappa shape index (κ2) is 10.1. The number of carbonyl (C=O) groups is 1. The van der Waals surface area contributed by atoms with E-state index < -0.39 is 0 Å². The first-order chi connectivity index (χ1) is 12.5. The van der Waals surface area contributed by atoms with Gasteiger partial charge < -0.3 is 10.6 Å². The summed E-state index contributed by atoms with van der Waals surface area (Å²) >= 11 is 0. The molecule has 2 aromatic carbocycles. The normalized spacial score (nSPS) is 13.2. The second-order valence-electron chi connectivity index (χ2n) is 7.15. The Bertz CT molecular complexity index is 694. The Morgan fingerprint density at radius 2 is 1.77 bits per heavy atom. The van der Waals surface area contributed by atoms with Crippen molar-refractivity contribution in [2.75, 3.05) is 5.32 Å². The highest BCUT2D eigenvalue weighted by Crippen LogP contribution is 2.26. The summed E-state index contributed by atoms with van der Waals surface area (Å²) in [6, 6.07) is 17.5. The number of anilines is 1. The van der Waals surface area contributed by atoms with E-state index in [4.69, 9.17) is 0 Å². The first-order valence-electron chi connectivity index (χ1n) is 9.69. The number of amides is 1. The van der Waals surface area contributed by atoms with Crippen LogP contribution in [0.5, 0.6) is 0 Å². The van der Waals surface area contributed by atoms with E-state index in [9.17, 15) is 4.79 Å². The average Bonchev–Trinajstić information content (AvgIpc) is 2.61. The van der Waals surface area contributed by atoms with Gasteiger partial charge in [-0.05, 0) is 43.5 Å². The fourth-order valence-electron chi connectivity index (χ4n) is 3.23. The summed E-state index contributed by atoms with van der Waals surface area (Å²) in [5.74, 6) is -0.0364. The fourth-order valence-corrected chi connectivity index (χ4v) is 3.23. The van der Waals surface area contributed by atoms with Crippen LogP contribution in [0.4, 0.5) is 5.69 Å². The fraction of sp³-hybridized carbons (Fsp3) is 0.435. The SMILES string of the molecule is CCCCCC(NC(C)c1ccc(C)cc1)c1cccc(NC(C)=O)c1. The lowest BCUT2D eigenvalue weighted by Gasteiger charge is -2.25. The molecule has 0 aromatic heterocycles. The summed E-state index contributed by atoms with van der Waals surface area (Å²) < 4.78 is 0. The van der Waals surface area contributed by atoms with E-state index in [0.29, 0.717) is 0 Å². The molecule has 0 radical (unpaired) electrons. The highest BCUT2D eigenvalue weighted by Gasteiger charge is 2.16. The van der Waals surface area contributed by atoms with Crippen LogP contribution in [-0.4, -0.2) is 5.91 Å². The Morgan fingerprint density at radius 3 is 2.42 bits per heavy atom. The van der Waals surface area contributed by atoms with Gasteiger partial charge in [-0.25, -0.2) is 0 Å². The van der Waals surface area contributed by atoms with E-state index >= 15 is 0 Å². The van der Waals surface area contributed by atoms with Gasteiger partial charge in [0.15, 0.2) is 0 Å². The Balaban J connectivity index is 2.16. The minimum absolute atomic E-state index is 0.0364. The number of aryl methyl sites for hydroxylation is 1. The summed E-state index contributed by atoms with van der Waals surface area (Å²) in [4.78, 5) is 11.4. The standard InChI is InChI=1S/C23H32N2O/c1-5-6-7-11-23(21-9-8-10-22(16-21)25-19(4)26)24-18(3)20-14-12-17(2)13-15-20/h8-10,12-16,18,23-24H,5-7,11H2,1-4H3,(H,25,26). The summed E-state index contributed by atoms with van der Waals surface area (Å²) in [5.41, 5.74) is 4.67. The Hall–Kier alpha value is -2.13. The van der Waals surface area contributed by atoms with E-state index in [0.717, 1.165) is 12.1 Å². The van der Waals surface area contributed by atoms with Crippen LogP contribution in [0, 0.1) is 6.92 Å². The number of rotatable bonds is 9. The molecule has 0 aliphatic heterocycles. The van der Waals surface area contributed by atoms with E-state index in [1.54, 1.807) is 6.92 Å². The maximum absolute atomic E-state index is 11.4. The number of benzene rings is 2. The van der Waals surface area contributed by atoms with Crippen LogP contribution < -0.4 is 10.6 Å². The number of unbranched alkanes of at least 4 members (excludes halogenated alkanes) is 2. The third-order valence-electron chi connectivity index (χ3n) is 4.73. The molecule has 3 nitrogen and oxygen atoms in total. The van der Waals surface area contributed by atoms with Crippen molar-refractivity contribution in [1.29, 1.82) is 0 Å². The first kappa shape index (κ1) is 20.2. The van der Waals surface area contributed by atoms with Crippen LogP contribution >= 0.6 is 0 Å². The van der Waals surface area contributed by atoms with Crippen molar-refractivity contribution < 1.29 is 4.79 Å². The molecule has 3 heteroatoms. The van der Waals surface area contributed by atoms with Gasteiger partial charge in [-0.1, -0.05) is 68.1 Å². The van der Waals surface area contributed by atoms with Gasteiger partial charge in [0.05, 0.1) is 0 Å². The first-order valence-corrected chi connectivity index (χ1v) is 9.69. The third-order valence-corrected chi connectivity index (χ3v) is 4.73. The highest BCUT2D eigenvalue weighted by atomic mass is 16.1. The summed E-state index contributed by atoms with van der Waals surface area (Å²) in [5, 5.41) is 6.69. The minimum atomic E-state index is -0.0364. The molecule has 0 aliphatic rings. The van der Waals surface area contributed by atoms with Gasteiger partial charge >= 0.3 is 0 Å². The zero-order chi connectivity index (χ0) is 18.9. The minimum Gasteiger partial charge on any atom is -0.326 e. The molecule has 0 heterocycles. The average molecular weight is 353 g/mol. The Labute approximate surface area is 158 Å². The predicted molar refractivity (Wildman–Crippen MR) is 110 cm³/mol. The molecule has 2 rings (SSSR count). The van der Waals surface area contributed by atoms with Crippen molar-refractivity contribution >= 4 is 11.6 Å². The molecule has 26 heavy (non-hydrogen) atoms. The van der Waals surface area contributed by atoms with Crippen molar-refractivity contribution in [2.24, 2.45) is 0 Å². The van der Waals surface area contributed by atoms with Gasteiger partial charge in [0, 0.05) is 24.7 Å². The lowest BCUT2D eigenvalue weighted by Crippen LogP contribution is -2.25. The van der Waals surface area contributed by atoms with Gasteiger partial charge in [0.25, 0.3) is 0 Å². The smallest absolute Gasteiger partial charge is 0.221 e. The van der Waals surface area contributed by atoms with E-state index in [2.05, 4.69) is 67.8 Å². The zero-order valence-electron chi connectivity index (χ0n) is 16.5. The second-order valence-corrected chi connectivity index (χ2v) is 7.15. The van der Waals surface area contributed by atoms with Gasteiger partial charge in [0.1, 0.15) is 0 Å². The molecule has 0 saturated carbocycles. The molecule has 0 aliphatic carbocycles. The molecule has 140 valence electrons. The van der Waals surface area contributed by atoms with Crippen molar-refractivity contribution in [1.82, 2.24) is 5.32 Å². The maximum Gasteiger partial charge on any atom is 0.221 e. The predicted octanol–water partition coefficient (Wildman–Crippen LogP) is 5.93. The molecule has 1 amide bonds. The monoisotopic (exact) mass is 352 g/mol. The van der Waals surface area contributed by atoms with Gasteiger partial charge in [-0.15, -0.1) is 0 Å². The number of nitrogens with one attached hydrogen (secondary N) is 2. The van der Waals surface area contributed by atoms with E-state index in [1.807, 2.05) is 12.1 Å². The lowest BCUT2D eigenvalue weighted by molar-refractivity contribution is -0.114. The number of carbonyl (C=O) groups excluding carboxylic acids is 1. The molecule has 0 saturated heterocycles. The van der Waals surface area contributed by atoms with Gasteiger partial charge in [-0.3, -0.25) is 4.79 Å². The zero-order valence-corrected chi connectivity index (χ0v) is 16.5. The van der Waals surface area contributed by atoms with Gasteiger partial charge in [-0.2, -0.15) is 0 Å². The van der Waals surface area contributed by atoms with Crippen LogP contribution in [0.1, 0.15) is 75.2 Å². The van der Waals surface area contributed by atoms with Crippen molar-refractivity contribution in [3.8, 4) is 0 Å². The lowest BCUT2D eigenvalue weighted by atomic mass is 9.97. The van der Waals surface area contributed by atoms with Crippen molar-refractivity contribution in [3.05, 3.63) is 65.2 Å². The number of hydrogen-bond donors (Lipinski definition) is 2. The molecular formula is C23H32N2O. The Kier molecular flexibility index (Phi) is 7.86. The maximum atomic E-state index is 11.4. The third kappa shape index (κ3) is 6.30. The van der Waals surface area contributed by atoms with Crippen LogP contribution in [0.25, 0.3) is 0 Å². The molecular weight excluding hydrogens is 320 g/mol. The van der Waals surface area contributed by atoms with Crippen LogP contribution in [-0.2, 0) is 4.79 Å². The highest BCUT2D eigenvalue weighted by molar-refractivity contribution is 5.88. The van der Waals surface area contributed by atoms with Crippen LogP contribution in [0.2, 0.25) is 0 Å². The van der Waals surface area contributed by atoms with Crippen molar-refractivity contribution in [2.45, 2.75) is 65.5 Å². The molecule has 2 atom stereocenters. The Morgan fingerprint density at radius 1 is 1.04 bits per heavy atom. The molecule has 2 unspecified atom stereocenters. The summed E-state index contributed by atoms with van der Waals surface area (Å²) in [6.45, 7) is 8.11. The van der Waals surface area contributed by atoms with Gasteiger partial charge in [0.2, 0.25) is 5.91 Å².